The van der Waals surface area contributed by atoms with Crippen LogP contribution in [0.5, 0.6) is 0 Å². The van der Waals surface area contributed by atoms with Crippen molar-refractivity contribution in [1.29, 1.82) is 0 Å². The van der Waals surface area contributed by atoms with E-state index in [4.69, 9.17) is 20.9 Å². The predicted molar refractivity (Wildman–Crippen MR) is 92.2 cm³/mol. The van der Waals surface area contributed by atoms with Crippen LogP contribution in [-0.2, 0) is 14.3 Å². The van der Waals surface area contributed by atoms with Gasteiger partial charge in [-0.2, -0.15) is 0 Å². The van der Waals surface area contributed by atoms with Gasteiger partial charge in [-0.15, -0.1) is 0 Å². The maximum absolute atomic E-state index is 11.9. The first kappa shape index (κ1) is 23.2. The van der Waals surface area contributed by atoms with E-state index in [1.54, 1.807) is 20.8 Å². The summed E-state index contributed by atoms with van der Waals surface area (Å²) in [5.74, 6) is -0.562. The monoisotopic (exact) mass is 376 g/mol. The van der Waals surface area contributed by atoms with Gasteiger partial charge in [0, 0.05) is 19.6 Å². The van der Waals surface area contributed by atoms with Crippen molar-refractivity contribution in [3.8, 4) is 0 Å². The van der Waals surface area contributed by atoms with Gasteiger partial charge in [0.05, 0.1) is 13.2 Å². The molecule has 0 aromatic carbocycles. The molecule has 0 aliphatic carbocycles. The molecule has 12 heteroatoms. The first-order chi connectivity index (χ1) is 12.0. The minimum absolute atomic E-state index is 0.152. The van der Waals surface area contributed by atoms with E-state index in [9.17, 15) is 19.2 Å². The van der Waals surface area contributed by atoms with Gasteiger partial charge in [-0.25, -0.2) is 14.4 Å². The highest BCUT2D eigenvalue weighted by Gasteiger charge is 2.19. The van der Waals surface area contributed by atoms with Crippen LogP contribution in [0, 0.1) is 0 Å². The van der Waals surface area contributed by atoms with Gasteiger partial charge in [-0.3, -0.25) is 4.79 Å². The Balaban J connectivity index is 3.92. The fourth-order valence-electron chi connectivity index (χ4n) is 1.59. The van der Waals surface area contributed by atoms with Crippen LogP contribution >= 0.6 is 0 Å². The number of hydrogen-bond donors (Lipinski definition) is 6. The molecule has 0 spiro atoms. The first-order valence-electron chi connectivity index (χ1n) is 7.93. The number of carbonyl (C=O) groups excluding carboxylic acids is 4. The number of urea groups is 2. The van der Waals surface area contributed by atoms with Crippen LogP contribution in [0.1, 0.15) is 20.8 Å². The zero-order chi connectivity index (χ0) is 20.2. The standard InChI is InChI=1S/C14H28N6O6/c1-14(2,3)26-13(24)18-5-7-25-6-4-17-10(21)9(20-12(16)23)8-19-11(15)22/h9H,4-8H2,1-3H3,(H,17,21)(H,18,24)(H3,15,19,22)(H3,16,20,23). The molecule has 150 valence electrons. The van der Waals surface area contributed by atoms with Gasteiger partial charge in [0.1, 0.15) is 11.6 Å². The molecule has 1 atom stereocenters. The molecule has 0 aliphatic heterocycles. The number of hydrogen-bond acceptors (Lipinski definition) is 6. The highest BCUT2D eigenvalue weighted by Crippen LogP contribution is 2.05. The number of primary amides is 2. The number of alkyl carbamates (subject to hydrolysis) is 1. The fraction of sp³-hybridized carbons (Fsp3) is 0.714. The van der Waals surface area contributed by atoms with Crippen molar-refractivity contribution in [2.75, 3.05) is 32.8 Å². The van der Waals surface area contributed by atoms with Crippen LogP contribution in [0.15, 0.2) is 0 Å². The quantitative estimate of drug-likeness (QED) is 0.248. The Kier molecular flexibility index (Phi) is 10.5. The van der Waals surface area contributed by atoms with E-state index in [-0.39, 0.29) is 32.8 Å². The molecule has 0 aromatic rings. The second-order valence-corrected chi connectivity index (χ2v) is 6.14. The molecular formula is C14H28N6O6. The topological polar surface area (TPSA) is 187 Å². The summed E-state index contributed by atoms with van der Waals surface area (Å²) in [5.41, 5.74) is 9.30. The highest BCUT2D eigenvalue weighted by atomic mass is 16.6. The van der Waals surface area contributed by atoms with Gasteiger partial charge in [-0.05, 0) is 20.8 Å². The smallest absolute Gasteiger partial charge is 0.407 e. The Labute approximate surface area is 151 Å². The molecule has 1 unspecified atom stereocenters. The average molecular weight is 376 g/mol. The number of nitrogens with two attached hydrogens (primary N) is 2. The molecular weight excluding hydrogens is 348 g/mol. The van der Waals surface area contributed by atoms with Gasteiger partial charge < -0.3 is 42.2 Å². The van der Waals surface area contributed by atoms with Crippen molar-refractivity contribution < 1.29 is 28.7 Å². The lowest BCUT2D eigenvalue weighted by atomic mass is 10.2. The molecule has 0 saturated carbocycles. The summed E-state index contributed by atoms with van der Waals surface area (Å²) in [7, 11) is 0. The molecule has 26 heavy (non-hydrogen) atoms. The van der Waals surface area contributed by atoms with Crippen LogP contribution in [-0.4, -0.2) is 68.6 Å². The number of carbonyl (C=O) groups is 4. The molecule has 0 heterocycles. The normalized spacial score (nSPS) is 11.8. The summed E-state index contributed by atoms with van der Waals surface area (Å²) >= 11 is 0. The zero-order valence-corrected chi connectivity index (χ0v) is 15.2. The lowest BCUT2D eigenvalue weighted by Crippen LogP contribution is -2.54. The number of rotatable bonds is 10. The largest absolute Gasteiger partial charge is 0.444 e. The van der Waals surface area contributed by atoms with Crippen molar-refractivity contribution in [2.45, 2.75) is 32.4 Å². The lowest BCUT2D eigenvalue weighted by Gasteiger charge is -2.19. The Morgan fingerprint density at radius 2 is 1.50 bits per heavy atom. The van der Waals surface area contributed by atoms with Crippen molar-refractivity contribution in [2.24, 2.45) is 11.5 Å². The highest BCUT2D eigenvalue weighted by molar-refractivity contribution is 5.87. The SMILES string of the molecule is CC(C)(C)OC(=O)NCCOCCNC(=O)C(CNC(N)=O)NC(N)=O. The van der Waals surface area contributed by atoms with Gasteiger partial charge in [0.2, 0.25) is 5.91 Å². The minimum Gasteiger partial charge on any atom is -0.444 e. The predicted octanol–water partition coefficient (Wildman–Crippen LogP) is -1.65. The van der Waals surface area contributed by atoms with Crippen molar-refractivity contribution >= 4 is 24.1 Å². The average Bonchev–Trinajstić information content (AvgIpc) is 2.47. The van der Waals surface area contributed by atoms with E-state index in [0.717, 1.165) is 0 Å². The van der Waals surface area contributed by atoms with Crippen LogP contribution in [0.25, 0.3) is 0 Å². The molecule has 0 bridgehead atoms. The molecule has 0 radical (unpaired) electrons. The summed E-state index contributed by atoms with van der Waals surface area (Å²) in [5, 5.41) is 9.41. The van der Waals surface area contributed by atoms with Crippen molar-refractivity contribution in [3.63, 3.8) is 0 Å². The van der Waals surface area contributed by atoms with Gasteiger partial charge in [0.15, 0.2) is 0 Å². The molecule has 0 aromatic heterocycles. The van der Waals surface area contributed by atoms with Gasteiger partial charge >= 0.3 is 18.2 Å². The Bertz CT molecular complexity index is 493. The first-order valence-corrected chi connectivity index (χ1v) is 7.93. The Morgan fingerprint density at radius 1 is 0.923 bits per heavy atom. The van der Waals surface area contributed by atoms with Crippen molar-refractivity contribution in [1.82, 2.24) is 21.3 Å². The fourth-order valence-corrected chi connectivity index (χ4v) is 1.59. The Hall–Kier alpha value is -2.76. The molecule has 6 amide bonds. The second-order valence-electron chi connectivity index (χ2n) is 6.14. The second kappa shape index (κ2) is 11.7. The summed E-state index contributed by atoms with van der Waals surface area (Å²) < 4.78 is 10.3. The number of nitrogens with one attached hydrogen (secondary N) is 4. The molecule has 12 nitrogen and oxygen atoms in total. The van der Waals surface area contributed by atoms with E-state index in [2.05, 4.69) is 21.3 Å². The Morgan fingerprint density at radius 3 is 2.00 bits per heavy atom. The van der Waals surface area contributed by atoms with Crippen LogP contribution in [0.3, 0.4) is 0 Å². The van der Waals surface area contributed by atoms with E-state index in [0.29, 0.717) is 0 Å². The minimum atomic E-state index is -1.06. The van der Waals surface area contributed by atoms with Crippen LogP contribution in [0.4, 0.5) is 14.4 Å². The maximum Gasteiger partial charge on any atom is 0.407 e. The third-order valence-corrected chi connectivity index (χ3v) is 2.57. The van der Waals surface area contributed by atoms with Gasteiger partial charge in [-0.1, -0.05) is 0 Å². The van der Waals surface area contributed by atoms with Crippen molar-refractivity contribution in [3.05, 3.63) is 0 Å². The van der Waals surface area contributed by atoms with Crippen LogP contribution < -0.4 is 32.7 Å². The molecule has 8 N–H and O–H groups in total. The van der Waals surface area contributed by atoms with E-state index in [1.165, 1.54) is 0 Å². The third-order valence-electron chi connectivity index (χ3n) is 2.57. The van der Waals surface area contributed by atoms with E-state index in [1.807, 2.05) is 0 Å². The molecule has 0 rings (SSSR count). The lowest BCUT2D eigenvalue weighted by molar-refractivity contribution is -0.123. The number of ether oxygens (including phenoxy) is 2. The summed E-state index contributed by atoms with van der Waals surface area (Å²) in [4.78, 5) is 44.8. The maximum atomic E-state index is 11.9. The number of amides is 6. The molecule has 0 fully saturated rings. The van der Waals surface area contributed by atoms with E-state index < -0.39 is 35.7 Å². The zero-order valence-electron chi connectivity index (χ0n) is 15.2. The molecule has 0 aliphatic rings. The van der Waals surface area contributed by atoms with Gasteiger partial charge in [0.25, 0.3) is 0 Å². The third kappa shape index (κ3) is 13.7. The summed E-state index contributed by atoms with van der Waals surface area (Å²) in [6, 6.07) is -2.82. The van der Waals surface area contributed by atoms with Crippen LogP contribution in [0.2, 0.25) is 0 Å². The molecule has 0 saturated heterocycles. The van der Waals surface area contributed by atoms with E-state index >= 15 is 0 Å². The summed E-state index contributed by atoms with van der Waals surface area (Å²) in [6.45, 7) is 5.86. The summed E-state index contributed by atoms with van der Waals surface area (Å²) in [6.07, 6.45) is -0.545.